The van der Waals surface area contributed by atoms with Crippen LogP contribution in [0.2, 0.25) is 0 Å². The van der Waals surface area contributed by atoms with E-state index in [2.05, 4.69) is 10.6 Å². The molecule has 1 aromatic rings. The van der Waals surface area contributed by atoms with Gasteiger partial charge in [-0.1, -0.05) is 18.2 Å². The highest BCUT2D eigenvalue weighted by molar-refractivity contribution is 5.74. The van der Waals surface area contributed by atoms with E-state index in [1.165, 1.54) is 12.8 Å². The molecule has 5 nitrogen and oxygen atoms in total. The summed E-state index contributed by atoms with van der Waals surface area (Å²) in [7, 11) is 0. The van der Waals surface area contributed by atoms with Gasteiger partial charge in [-0.25, -0.2) is 4.79 Å². The summed E-state index contributed by atoms with van der Waals surface area (Å²) in [4.78, 5) is 12.2. The molecule has 0 radical (unpaired) electrons. The first-order chi connectivity index (χ1) is 11.6. The number of amides is 2. The van der Waals surface area contributed by atoms with E-state index in [0.29, 0.717) is 12.7 Å². The van der Waals surface area contributed by atoms with Gasteiger partial charge in [-0.15, -0.1) is 0 Å². The van der Waals surface area contributed by atoms with Crippen molar-refractivity contribution < 1.29 is 14.3 Å². The molecule has 1 aliphatic carbocycles. The summed E-state index contributed by atoms with van der Waals surface area (Å²) in [5.74, 6) is 1.59. The molecule has 24 heavy (non-hydrogen) atoms. The van der Waals surface area contributed by atoms with Crippen LogP contribution < -0.4 is 15.4 Å². The molecule has 2 amide bonds. The van der Waals surface area contributed by atoms with Gasteiger partial charge in [0.25, 0.3) is 0 Å². The Balaban J connectivity index is 1.38. The van der Waals surface area contributed by atoms with Crippen LogP contribution >= 0.6 is 0 Å². The topological polar surface area (TPSA) is 59.6 Å². The normalized spacial score (nSPS) is 24.9. The van der Waals surface area contributed by atoms with Crippen LogP contribution in [0.25, 0.3) is 0 Å². The average molecular weight is 332 g/mol. The quantitative estimate of drug-likeness (QED) is 0.842. The molecule has 1 heterocycles. The molecule has 132 valence electrons. The van der Waals surface area contributed by atoms with Crippen molar-refractivity contribution in [1.82, 2.24) is 10.6 Å². The van der Waals surface area contributed by atoms with Crippen molar-refractivity contribution in [2.75, 3.05) is 13.2 Å². The van der Waals surface area contributed by atoms with E-state index in [0.717, 1.165) is 36.7 Å². The van der Waals surface area contributed by atoms with Crippen molar-refractivity contribution in [2.24, 2.45) is 5.92 Å². The van der Waals surface area contributed by atoms with E-state index in [1.807, 2.05) is 38.1 Å². The highest BCUT2D eigenvalue weighted by Crippen LogP contribution is 2.38. The molecule has 1 aliphatic heterocycles. The number of benzene rings is 1. The number of nitrogens with one attached hydrogen (secondary N) is 2. The van der Waals surface area contributed by atoms with Crippen LogP contribution in [0.15, 0.2) is 24.3 Å². The Bertz CT molecular complexity index is 559. The third kappa shape index (κ3) is 4.87. The Labute approximate surface area is 144 Å². The highest BCUT2D eigenvalue weighted by Gasteiger charge is 2.36. The molecule has 0 spiro atoms. The van der Waals surface area contributed by atoms with Crippen molar-refractivity contribution in [3.8, 4) is 5.75 Å². The zero-order valence-electron chi connectivity index (χ0n) is 14.6. The number of carbonyl (C=O) groups is 1. The lowest BCUT2D eigenvalue weighted by Crippen LogP contribution is -2.49. The number of ether oxygens (including phenoxy) is 2. The molecule has 2 N–H and O–H groups in total. The average Bonchev–Trinajstić information content (AvgIpc) is 3.39. The van der Waals surface area contributed by atoms with E-state index < -0.39 is 0 Å². The standard InChI is InChI=1S/C19H28N2O3/c1-13-5-3-4-6-17(13)24-12-14(2)20-19(22)21-16-9-10-23-18(11-16)15-7-8-15/h3-6,14-16,18H,7-12H2,1-2H3,(H2,20,21,22)/t14-,16-,18+/m0/s1. The Kier molecular flexibility index (Phi) is 5.61. The Morgan fingerprint density at radius 1 is 1.33 bits per heavy atom. The Hall–Kier alpha value is -1.75. The number of urea groups is 1. The Morgan fingerprint density at radius 3 is 2.88 bits per heavy atom. The molecular weight excluding hydrogens is 304 g/mol. The smallest absolute Gasteiger partial charge is 0.315 e. The predicted molar refractivity (Wildman–Crippen MR) is 93.3 cm³/mol. The van der Waals surface area contributed by atoms with Gasteiger partial charge in [0.2, 0.25) is 0 Å². The molecule has 5 heteroatoms. The lowest BCUT2D eigenvalue weighted by atomic mass is 10.0. The molecule has 1 saturated heterocycles. The summed E-state index contributed by atoms with van der Waals surface area (Å²) in [5.41, 5.74) is 1.10. The summed E-state index contributed by atoms with van der Waals surface area (Å²) in [6, 6.07) is 7.95. The van der Waals surface area contributed by atoms with Crippen molar-refractivity contribution >= 4 is 6.03 Å². The summed E-state index contributed by atoms with van der Waals surface area (Å²) < 4.78 is 11.6. The number of para-hydroxylation sites is 1. The van der Waals surface area contributed by atoms with Crippen LogP contribution in [-0.4, -0.2) is 37.4 Å². The lowest BCUT2D eigenvalue weighted by molar-refractivity contribution is -0.00919. The van der Waals surface area contributed by atoms with Crippen LogP contribution in [0.4, 0.5) is 4.79 Å². The van der Waals surface area contributed by atoms with E-state index in [9.17, 15) is 4.79 Å². The molecule has 0 unspecified atom stereocenters. The van der Waals surface area contributed by atoms with Crippen molar-refractivity contribution in [1.29, 1.82) is 0 Å². The minimum atomic E-state index is -0.114. The minimum absolute atomic E-state index is 0.0522. The van der Waals surface area contributed by atoms with Crippen LogP contribution in [0.3, 0.4) is 0 Å². The second kappa shape index (κ2) is 7.88. The minimum Gasteiger partial charge on any atom is -0.491 e. The predicted octanol–water partition coefficient (Wildman–Crippen LogP) is 3.02. The molecule has 2 fully saturated rings. The van der Waals surface area contributed by atoms with Crippen molar-refractivity contribution in [3.63, 3.8) is 0 Å². The first-order valence-electron chi connectivity index (χ1n) is 8.99. The maximum Gasteiger partial charge on any atom is 0.315 e. The van der Waals surface area contributed by atoms with Crippen LogP contribution in [0.5, 0.6) is 5.75 Å². The molecule has 1 aromatic carbocycles. The van der Waals surface area contributed by atoms with Gasteiger partial charge in [-0.05, 0) is 57.1 Å². The number of hydrogen-bond acceptors (Lipinski definition) is 3. The summed E-state index contributed by atoms with van der Waals surface area (Å²) in [6.07, 6.45) is 4.72. The van der Waals surface area contributed by atoms with Gasteiger partial charge < -0.3 is 20.1 Å². The van der Waals surface area contributed by atoms with Gasteiger partial charge in [0.1, 0.15) is 12.4 Å². The van der Waals surface area contributed by atoms with Gasteiger partial charge >= 0.3 is 6.03 Å². The van der Waals surface area contributed by atoms with Crippen molar-refractivity contribution in [2.45, 2.75) is 57.7 Å². The molecular formula is C19H28N2O3. The number of carbonyl (C=O) groups excluding carboxylic acids is 1. The first kappa shape index (κ1) is 17.1. The van der Waals surface area contributed by atoms with E-state index in [4.69, 9.17) is 9.47 Å². The number of rotatable bonds is 6. The van der Waals surface area contributed by atoms with Crippen molar-refractivity contribution in [3.05, 3.63) is 29.8 Å². The zero-order chi connectivity index (χ0) is 16.9. The maximum absolute atomic E-state index is 12.2. The fourth-order valence-electron chi connectivity index (χ4n) is 3.18. The summed E-state index contributed by atoms with van der Waals surface area (Å²) >= 11 is 0. The third-order valence-electron chi connectivity index (χ3n) is 4.76. The van der Waals surface area contributed by atoms with Crippen LogP contribution in [0.1, 0.15) is 38.2 Å². The maximum atomic E-state index is 12.2. The van der Waals surface area contributed by atoms with Gasteiger partial charge in [-0.2, -0.15) is 0 Å². The molecule has 3 atom stereocenters. The van der Waals surface area contributed by atoms with Crippen LogP contribution in [0, 0.1) is 12.8 Å². The molecule has 0 bridgehead atoms. The summed E-state index contributed by atoms with van der Waals surface area (Å²) in [6.45, 7) is 5.17. The second-order valence-corrected chi connectivity index (χ2v) is 7.06. The fourth-order valence-corrected chi connectivity index (χ4v) is 3.18. The van der Waals surface area contributed by atoms with Gasteiger partial charge in [0, 0.05) is 12.6 Å². The SMILES string of the molecule is Cc1ccccc1OC[C@H](C)NC(=O)N[C@H]1CCO[C@@H](C2CC2)C1. The highest BCUT2D eigenvalue weighted by atomic mass is 16.5. The van der Waals surface area contributed by atoms with Crippen LogP contribution in [-0.2, 0) is 4.74 Å². The van der Waals surface area contributed by atoms with E-state index in [-0.39, 0.29) is 18.1 Å². The number of hydrogen-bond donors (Lipinski definition) is 2. The largest absolute Gasteiger partial charge is 0.491 e. The molecule has 1 saturated carbocycles. The lowest BCUT2D eigenvalue weighted by Gasteiger charge is -2.30. The number of aryl methyl sites for hydroxylation is 1. The van der Waals surface area contributed by atoms with E-state index >= 15 is 0 Å². The summed E-state index contributed by atoms with van der Waals surface area (Å²) in [5, 5.41) is 6.05. The third-order valence-corrected chi connectivity index (χ3v) is 4.76. The second-order valence-electron chi connectivity index (χ2n) is 7.06. The molecule has 3 rings (SSSR count). The molecule has 2 aliphatic rings. The molecule has 0 aromatic heterocycles. The Morgan fingerprint density at radius 2 is 2.12 bits per heavy atom. The van der Waals surface area contributed by atoms with Gasteiger partial charge in [0.15, 0.2) is 0 Å². The monoisotopic (exact) mass is 332 g/mol. The first-order valence-corrected chi connectivity index (χ1v) is 8.99. The van der Waals surface area contributed by atoms with E-state index in [1.54, 1.807) is 0 Å². The van der Waals surface area contributed by atoms with Gasteiger partial charge in [0.05, 0.1) is 12.1 Å². The zero-order valence-corrected chi connectivity index (χ0v) is 14.6. The fraction of sp³-hybridized carbons (Fsp3) is 0.632. The van der Waals surface area contributed by atoms with Gasteiger partial charge in [-0.3, -0.25) is 0 Å².